The number of carbonyl (C=O) groups excluding carboxylic acids is 1. The summed E-state index contributed by atoms with van der Waals surface area (Å²) in [6.07, 6.45) is 2.78. The Labute approximate surface area is 173 Å². The second-order valence-electron chi connectivity index (χ2n) is 7.46. The maximum Gasteiger partial charge on any atom is 0.258 e. The molecule has 1 amide bonds. The van der Waals surface area contributed by atoms with Gasteiger partial charge in [0.1, 0.15) is 6.04 Å². The summed E-state index contributed by atoms with van der Waals surface area (Å²) in [5.74, 6) is 7.25. The van der Waals surface area contributed by atoms with Crippen molar-refractivity contribution in [2.45, 2.75) is 38.3 Å². The average Bonchev–Trinajstić information content (AvgIpc) is 2.74. The number of rotatable bonds is 7. The van der Waals surface area contributed by atoms with E-state index in [-0.39, 0.29) is 11.9 Å². The van der Waals surface area contributed by atoms with Crippen LogP contribution in [0.2, 0.25) is 0 Å². The van der Waals surface area contributed by atoms with Crippen molar-refractivity contribution in [2.24, 2.45) is 5.84 Å². The van der Waals surface area contributed by atoms with E-state index in [0.29, 0.717) is 5.75 Å². The second kappa shape index (κ2) is 9.29. The van der Waals surface area contributed by atoms with Crippen molar-refractivity contribution in [1.82, 2.24) is 9.91 Å². The van der Waals surface area contributed by atoms with Gasteiger partial charge >= 0.3 is 0 Å². The van der Waals surface area contributed by atoms with Gasteiger partial charge in [-0.3, -0.25) is 14.7 Å². The van der Waals surface area contributed by atoms with Gasteiger partial charge in [0.25, 0.3) is 5.91 Å². The summed E-state index contributed by atoms with van der Waals surface area (Å²) in [5, 5.41) is 1.20. The highest BCUT2D eigenvalue weighted by Crippen LogP contribution is 2.43. The highest BCUT2D eigenvalue weighted by molar-refractivity contribution is 5.82. The summed E-state index contributed by atoms with van der Waals surface area (Å²) in [4.78, 5) is 15.4. The van der Waals surface area contributed by atoms with E-state index in [1.54, 1.807) is 21.3 Å². The minimum Gasteiger partial charge on any atom is -0.493 e. The van der Waals surface area contributed by atoms with Gasteiger partial charge in [0.2, 0.25) is 0 Å². The van der Waals surface area contributed by atoms with Gasteiger partial charge < -0.3 is 9.47 Å². The van der Waals surface area contributed by atoms with Gasteiger partial charge in [-0.1, -0.05) is 43.7 Å². The van der Waals surface area contributed by atoms with Crippen LogP contribution in [-0.2, 0) is 11.2 Å². The zero-order chi connectivity index (χ0) is 21.0. The molecule has 2 atom stereocenters. The molecular formula is C23H31N3O3. The van der Waals surface area contributed by atoms with E-state index >= 15 is 0 Å². The Bertz CT molecular complexity index is 839. The van der Waals surface area contributed by atoms with E-state index in [4.69, 9.17) is 15.3 Å². The predicted molar refractivity (Wildman–Crippen MR) is 114 cm³/mol. The fourth-order valence-corrected chi connectivity index (χ4v) is 4.26. The van der Waals surface area contributed by atoms with Crippen LogP contribution in [0, 0.1) is 0 Å². The zero-order valence-corrected chi connectivity index (χ0v) is 17.7. The smallest absolute Gasteiger partial charge is 0.258 e. The Kier molecular flexibility index (Phi) is 6.77. The van der Waals surface area contributed by atoms with Crippen molar-refractivity contribution in [3.05, 3.63) is 59.2 Å². The molecule has 0 unspecified atom stereocenters. The monoisotopic (exact) mass is 397 g/mol. The van der Waals surface area contributed by atoms with Crippen LogP contribution in [0.3, 0.4) is 0 Å². The first-order chi connectivity index (χ1) is 14.0. The van der Waals surface area contributed by atoms with E-state index in [9.17, 15) is 4.79 Å². The summed E-state index contributed by atoms with van der Waals surface area (Å²) in [6, 6.07) is 13.7. The maximum atomic E-state index is 13.1. The molecule has 1 aliphatic heterocycles. The maximum absolute atomic E-state index is 13.1. The Balaban J connectivity index is 2.09. The van der Waals surface area contributed by atoms with E-state index in [1.165, 1.54) is 16.1 Å². The molecule has 0 spiro atoms. The normalized spacial score (nSPS) is 17.3. The van der Waals surface area contributed by atoms with Crippen molar-refractivity contribution in [3.63, 3.8) is 0 Å². The molecule has 0 fully saturated rings. The highest BCUT2D eigenvalue weighted by Gasteiger charge is 2.37. The van der Waals surface area contributed by atoms with Crippen LogP contribution in [0.5, 0.6) is 11.5 Å². The van der Waals surface area contributed by atoms with Gasteiger partial charge in [-0.25, -0.2) is 5.84 Å². The van der Waals surface area contributed by atoms with Crippen molar-refractivity contribution in [1.29, 1.82) is 0 Å². The van der Waals surface area contributed by atoms with E-state index < -0.39 is 6.04 Å². The molecule has 0 saturated carbocycles. The molecule has 2 N–H and O–H groups in total. The van der Waals surface area contributed by atoms with Crippen molar-refractivity contribution in [3.8, 4) is 11.5 Å². The molecule has 1 heterocycles. The third kappa shape index (κ3) is 4.23. The van der Waals surface area contributed by atoms with Crippen LogP contribution in [0.1, 0.15) is 48.5 Å². The molecular weight excluding hydrogens is 366 g/mol. The van der Waals surface area contributed by atoms with Gasteiger partial charge in [-0.15, -0.1) is 0 Å². The Morgan fingerprint density at radius 1 is 1.21 bits per heavy atom. The lowest BCUT2D eigenvalue weighted by atomic mass is 9.87. The number of fused-ring (bicyclic) bond motifs is 1. The Morgan fingerprint density at radius 3 is 2.45 bits per heavy atom. The third-order valence-electron chi connectivity index (χ3n) is 5.63. The summed E-state index contributed by atoms with van der Waals surface area (Å²) >= 11 is 0. The van der Waals surface area contributed by atoms with Crippen LogP contribution in [0.25, 0.3) is 0 Å². The number of nitrogens with zero attached hydrogens (tertiary/aromatic N) is 2. The SMILES string of the molecule is CCC[C@H]1c2cc(OC)c(OC)cc2CCN1[C@@H](C(=O)N(C)N)c1ccccc1. The molecule has 0 saturated heterocycles. The number of hydrazine groups is 1. The lowest BCUT2D eigenvalue weighted by Crippen LogP contribution is -2.47. The van der Waals surface area contributed by atoms with Crippen LogP contribution in [0.15, 0.2) is 42.5 Å². The number of likely N-dealkylation sites (N-methyl/N-ethyl adjacent to an activating group) is 1. The number of methoxy groups -OCH3 is 2. The van der Waals surface area contributed by atoms with Gasteiger partial charge in [0.15, 0.2) is 11.5 Å². The number of hydrogen-bond acceptors (Lipinski definition) is 5. The molecule has 2 aromatic rings. The molecule has 29 heavy (non-hydrogen) atoms. The van der Waals surface area contributed by atoms with Crippen molar-refractivity contribution in [2.75, 3.05) is 27.8 Å². The molecule has 6 nitrogen and oxygen atoms in total. The molecule has 3 rings (SSSR count). The minimum absolute atomic E-state index is 0.0951. The van der Waals surface area contributed by atoms with E-state index in [2.05, 4.69) is 24.0 Å². The molecule has 156 valence electrons. The quantitative estimate of drug-likeness (QED) is 0.440. The fraction of sp³-hybridized carbons (Fsp3) is 0.435. The van der Waals surface area contributed by atoms with Gasteiger partial charge in [0.05, 0.1) is 14.2 Å². The zero-order valence-electron chi connectivity index (χ0n) is 17.7. The number of hydrogen-bond donors (Lipinski definition) is 1. The molecule has 0 bridgehead atoms. The van der Waals surface area contributed by atoms with E-state index in [1.807, 2.05) is 30.3 Å². The number of ether oxygens (including phenoxy) is 2. The first kappa shape index (κ1) is 21.1. The second-order valence-corrected chi connectivity index (χ2v) is 7.46. The highest BCUT2D eigenvalue weighted by atomic mass is 16.5. The summed E-state index contributed by atoms with van der Waals surface area (Å²) in [7, 11) is 4.92. The summed E-state index contributed by atoms with van der Waals surface area (Å²) in [6.45, 7) is 2.94. The predicted octanol–water partition coefficient (Wildman–Crippen LogP) is 3.48. The van der Waals surface area contributed by atoms with Crippen molar-refractivity contribution >= 4 is 5.91 Å². The Morgan fingerprint density at radius 2 is 1.86 bits per heavy atom. The molecule has 2 aromatic carbocycles. The first-order valence-corrected chi connectivity index (χ1v) is 10.1. The molecule has 1 aliphatic rings. The number of benzene rings is 2. The summed E-state index contributed by atoms with van der Waals surface area (Å²) in [5.41, 5.74) is 3.40. The lowest BCUT2D eigenvalue weighted by molar-refractivity contribution is -0.137. The standard InChI is InChI=1S/C23H31N3O3/c1-5-9-19-18-15-21(29-4)20(28-3)14-17(18)12-13-26(19)22(23(27)25(2)24)16-10-7-6-8-11-16/h6-8,10-11,14-15,19,22H,5,9,12-13,24H2,1-4H3/t19-,22+/m0/s1. The average molecular weight is 398 g/mol. The molecule has 0 aromatic heterocycles. The van der Waals surface area contributed by atoms with Crippen LogP contribution < -0.4 is 15.3 Å². The number of carbonyl (C=O) groups is 1. The van der Waals surface area contributed by atoms with Gasteiger partial charge in [-0.2, -0.15) is 0 Å². The van der Waals surface area contributed by atoms with Gasteiger partial charge in [0, 0.05) is 19.6 Å². The molecule has 0 radical (unpaired) electrons. The number of nitrogens with two attached hydrogens (primary N) is 1. The largest absolute Gasteiger partial charge is 0.493 e. The van der Waals surface area contributed by atoms with Crippen molar-refractivity contribution < 1.29 is 14.3 Å². The minimum atomic E-state index is -0.427. The molecule has 6 heteroatoms. The topological polar surface area (TPSA) is 68.0 Å². The van der Waals surface area contributed by atoms with Crippen LogP contribution in [-0.4, -0.2) is 43.6 Å². The summed E-state index contributed by atoms with van der Waals surface area (Å²) < 4.78 is 11.1. The first-order valence-electron chi connectivity index (χ1n) is 10.1. The van der Waals surface area contributed by atoms with Crippen LogP contribution in [0.4, 0.5) is 0 Å². The Hall–Kier alpha value is -2.57. The van der Waals surface area contributed by atoms with Gasteiger partial charge in [-0.05, 0) is 41.7 Å². The fourth-order valence-electron chi connectivity index (χ4n) is 4.26. The third-order valence-corrected chi connectivity index (χ3v) is 5.63. The number of amides is 1. The lowest BCUT2D eigenvalue weighted by Gasteiger charge is -2.42. The molecule has 0 aliphatic carbocycles. The van der Waals surface area contributed by atoms with Crippen LogP contribution >= 0.6 is 0 Å². The van der Waals surface area contributed by atoms with E-state index in [0.717, 1.165) is 37.1 Å².